The van der Waals surface area contributed by atoms with E-state index in [-0.39, 0.29) is 17.8 Å². The van der Waals surface area contributed by atoms with Crippen molar-refractivity contribution in [1.29, 1.82) is 0 Å². The first-order valence-corrected chi connectivity index (χ1v) is 11.9. The summed E-state index contributed by atoms with van der Waals surface area (Å²) in [7, 11) is 0. The fraction of sp³-hybridized carbons (Fsp3) is 0.250. The maximum Gasteiger partial charge on any atom is 0.274 e. The van der Waals surface area contributed by atoms with E-state index in [1.165, 1.54) is 0 Å². The lowest BCUT2D eigenvalue weighted by atomic mass is 9.99. The number of benzene rings is 2. The molecule has 0 aliphatic carbocycles. The van der Waals surface area contributed by atoms with Crippen molar-refractivity contribution in [3.8, 4) is 0 Å². The van der Waals surface area contributed by atoms with Gasteiger partial charge in [-0.15, -0.1) is 0 Å². The van der Waals surface area contributed by atoms with Crippen LogP contribution in [0.25, 0.3) is 5.65 Å². The highest BCUT2D eigenvalue weighted by Crippen LogP contribution is 2.27. The Morgan fingerprint density at radius 1 is 1.11 bits per heavy atom. The van der Waals surface area contributed by atoms with Crippen LogP contribution in [-0.4, -0.2) is 45.4 Å². The Balaban J connectivity index is 1.29. The van der Waals surface area contributed by atoms with Crippen LogP contribution in [0.3, 0.4) is 0 Å². The monoisotopic (exact) mass is 468 g/mol. The number of β-amino-alcohol motifs (C(OH)–C–C–N with tert-alkyl or cyclic N) is 1. The van der Waals surface area contributed by atoms with Crippen LogP contribution in [0.2, 0.25) is 0 Å². The number of pyridine rings is 1. The number of ketones is 1. The number of carbonyl (C=O) groups is 2. The van der Waals surface area contributed by atoms with E-state index in [1.54, 1.807) is 22.9 Å². The van der Waals surface area contributed by atoms with Gasteiger partial charge in [0, 0.05) is 42.6 Å². The number of fused-ring (bicyclic) bond motifs is 1. The second-order valence-electron chi connectivity index (χ2n) is 9.00. The van der Waals surface area contributed by atoms with Crippen LogP contribution in [0.4, 0.5) is 11.4 Å². The molecule has 3 heterocycles. The second-order valence-corrected chi connectivity index (χ2v) is 9.00. The van der Waals surface area contributed by atoms with Gasteiger partial charge in [0.25, 0.3) is 5.91 Å². The van der Waals surface area contributed by atoms with E-state index >= 15 is 0 Å². The van der Waals surface area contributed by atoms with Gasteiger partial charge in [-0.3, -0.25) is 14.0 Å². The topological polar surface area (TPSA) is 86.9 Å². The Bertz CT molecular complexity index is 1390. The molecule has 1 amide bonds. The third kappa shape index (κ3) is 4.81. The first-order valence-electron chi connectivity index (χ1n) is 11.9. The van der Waals surface area contributed by atoms with E-state index in [4.69, 9.17) is 0 Å². The van der Waals surface area contributed by atoms with Crippen LogP contribution in [0, 0.1) is 6.92 Å². The van der Waals surface area contributed by atoms with Crippen LogP contribution in [-0.2, 0) is 6.42 Å². The highest BCUT2D eigenvalue weighted by molar-refractivity contribution is 6.05. The Morgan fingerprint density at radius 2 is 1.94 bits per heavy atom. The molecule has 1 aliphatic heterocycles. The predicted molar refractivity (Wildman–Crippen MR) is 136 cm³/mol. The molecule has 2 aromatic carbocycles. The standard InChI is InChI=1S/C28H28N4O3/c1-19-9-10-21(16-23(19)30-28(35)25-17-29-27-8-4-5-14-32(25)27)26(34)12-11-20-6-2-3-7-24(20)31-15-13-22(33)18-31/h2-10,14,16-17,22,33H,11-13,15,18H2,1H3,(H,30,35). The number of para-hydroxylation sites is 1. The quantitative estimate of drug-likeness (QED) is 0.396. The van der Waals surface area contributed by atoms with Crippen LogP contribution in [0.15, 0.2) is 73.1 Å². The molecule has 178 valence electrons. The van der Waals surface area contributed by atoms with E-state index in [0.29, 0.717) is 42.0 Å². The first-order chi connectivity index (χ1) is 17.0. The van der Waals surface area contributed by atoms with Crippen LogP contribution < -0.4 is 10.2 Å². The number of aliphatic hydroxyl groups excluding tert-OH is 1. The van der Waals surface area contributed by atoms with E-state index in [2.05, 4.69) is 21.3 Å². The van der Waals surface area contributed by atoms with Gasteiger partial charge in [0.05, 0.1) is 12.3 Å². The molecule has 7 nitrogen and oxygen atoms in total. The number of nitrogens with zero attached hydrogens (tertiary/aromatic N) is 3. The molecule has 1 fully saturated rings. The first kappa shape index (κ1) is 22.8. The summed E-state index contributed by atoms with van der Waals surface area (Å²) in [5.74, 6) is -0.260. The van der Waals surface area contributed by atoms with Gasteiger partial charge in [-0.25, -0.2) is 4.98 Å². The van der Waals surface area contributed by atoms with Crippen molar-refractivity contribution < 1.29 is 14.7 Å². The number of amides is 1. The normalized spacial score (nSPS) is 15.5. The molecule has 0 bridgehead atoms. The minimum absolute atomic E-state index is 0.0200. The molecule has 35 heavy (non-hydrogen) atoms. The molecule has 4 aromatic rings. The number of hydrogen-bond donors (Lipinski definition) is 2. The molecule has 0 radical (unpaired) electrons. The average molecular weight is 469 g/mol. The molecule has 7 heteroatoms. The Morgan fingerprint density at radius 3 is 2.77 bits per heavy atom. The number of anilines is 2. The molecule has 1 aliphatic rings. The summed E-state index contributed by atoms with van der Waals surface area (Å²) in [6.07, 6.45) is 4.78. The summed E-state index contributed by atoms with van der Waals surface area (Å²) < 4.78 is 1.73. The maximum absolute atomic E-state index is 13.1. The van der Waals surface area contributed by atoms with Gasteiger partial charge < -0.3 is 15.3 Å². The van der Waals surface area contributed by atoms with Gasteiger partial charge in [-0.2, -0.15) is 0 Å². The van der Waals surface area contributed by atoms with Crippen LogP contribution in [0.1, 0.15) is 44.8 Å². The Hall–Kier alpha value is -3.97. The van der Waals surface area contributed by atoms with Crippen molar-refractivity contribution in [3.63, 3.8) is 0 Å². The fourth-order valence-electron chi connectivity index (χ4n) is 4.60. The zero-order chi connectivity index (χ0) is 24.4. The van der Waals surface area contributed by atoms with Gasteiger partial charge in [-0.1, -0.05) is 36.4 Å². The van der Waals surface area contributed by atoms with Gasteiger partial charge in [-0.05, 0) is 55.2 Å². The zero-order valence-corrected chi connectivity index (χ0v) is 19.6. The summed E-state index contributed by atoms with van der Waals surface area (Å²) in [5, 5.41) is 12.9. The smallest absolute Gasteiger partial charge is 0.274 e. The fourth-order valence-corrected chi connectivity index (χ4v) is 4.60. The summed E-state index contributed by atoms with van der Waals surface area (Å²) in [4.78, 5) is 32.5. The SMILES string of the molecule is Cc1ccc(C(=O)CCc2ccccc2N2CCC(O)C2)cc1NC(=O)c1cnc2ccccn12. The van der Waals surface area contributed by atoms with E-state index < -0.39 is 0 Å². The molecular weight excluding hydrogens is 440 g/mol. The third-order valence-electron chi connectivity index (χ3n) is 6.57. The van der Waals surface area contributed by atoms with Gasteiger partial charge in [0.1, 0.15) is 11.3 Å². The van der Waals surface area contributed by atoms with Gasteiger partial charge in [0.2, 0.25) is 0 Å². The predicted octanol–water partition coefficient (Wildman–Crippen LogP) is 4.28. The van der Waals surface area contributed by atoms with E-state index in [1.807, 2.05) is 55.5 Å². The maximum atomic E-state index is 13.1. The van der Waals surface area contributed by atoms with Crippen molar-refractivity contribution in [2.24, 2.45) is 0 Å². The van der Waals surface area contributed by atoms with Gasteiger partial charge in [0.15, 0.2) is 5.78 Å². The number of rotatable bonds is 7. The molecule has 1 saturated heterocycles. The molecule has 1 unspecified atom stereocenters. The van der Waals surface area contributed by atoms with Crippen molar-refractivity contribution in [3.05, 3.63) is 95.4 Å². The number of aryl methyl sites for hydroxylation is 2. The largest absolute Gasteiger partial charge is 0.391 e. The molecule has 2 aromatic heterocycles. The van der Waals surface area contributed by atoms with Gasteiger partial charge >= 0.3 is 0 Å². The zero-order valence-electron chi connectivity index (χ0n) is 19.6. The Kier molecular flexibility index (Phi) is 6.33. The van der Waals surface area contributed by atoms with Crippen LogP contribution in [0.5, 0.6) is 0 Å². The number of aromatic nitrogens is 2. The van der Waals surface area contributed by atoms with E-state index in [9.17, 15) is 14.7 Å². The van der Waals surface area contributed by atoms with E-state index in [0.717, 1.165) is 29.8 Å². The minimum Gasteiger partial charge on any atom is -0.391 e. The number of Topliss-reactive ketones (excluding diaryl/α,β-unsaturated/α-hetero) is 1. The summed E-state index contributed by atoms with van der Waals surface area (Å²) in [6.45, 7) is 3.34. The third-order valence-corrected chi connectivity index (χ3v) is 6.57. The summed E-state index contributed by atoms with van der Waals surface area (Å²) in [5.41, 5.74) is 5.37. The summed E-state index contributed by atoms with van der Waals surface area (Å²) >= 11 is 0. The van der Waals surface area contributed by atoms with Crippen molar-refractivity contribution >= 4 is 28.7 Å². The molecule has 2 N–H and O–H groups in total. The highest BCUT2D eigenvalue weighted by Gasteiger charge is 2.22. The van der Waals surface area contributed by atoms with Crippen molar-refractivity contribution in [2.45, 2.75) is 32.3 Å². The number of nitrogens with one attached hydrogen (secondary N) is 1. The van der Waals surface area contributed by atoms with Crippen molar-refractivity contribution in [2.75, 3.05) is 23.3 Å². The molecule has 5 rings (SSSR count). The number of imidazole rings is 1. The second kappa shape index (κ2) is 9.72. The lowest BCUT2D eigenvalue weighted by Gasteiger charge is -2.21. The molecule has 0 spiro atoms. The average Bonchev–Trinajstić information content (AvgIpc) is 3.50. The number of hydrogen-bond acceptors (Lipinski definition) is 5. The van der Waals surface area contributed by atoms with Crippen molar-refractivity contribution in [1.82, 2.24) is 9.38 Å². The highest BCUT2D eigenvalue weighted by atomic mass is 16.3. The molecule has 1 atom stereocenters. The number of aliphatic hydroxyl groups is 1. The summed E-state index contributed by atoms with van der Waals surface area (Å²) in [6, 6.07) is 19.0. The molecular formula is C28H28N4O3. The Labute approximate surface area is 204 Å². The minimum atomic E-state index is -0.300. The lowest BCUT2D eigenvalue weighted by molar-refractivity contribution is 0.0980. The lowest BCUT2D eigenvalue weighted by Crippen LogP contribution is -2.22. The molecule has 0 saturated carbocycles. The van der Waals surface area contributed by atoms with Crippen LogP contribution >= 0.6 is 0 Å². The number of carbonyl (C=O) groups excluding carboxylic acids is 2.